The molecule has 0 unspecified atom stereocenters. The molecule has 4 aromatic rings. The third-order valence-electron chi connectivity index (χ3n) is 6.35. The van der Waals surface area contributed by atoms with Crippen LogP contribution in [0.2, 0.25) is 0 Å². The van der Waals surface area contributed by atoms with Crippen LogP contribution in [0, 0.1) is 11.7 Å². The summed E-state index contributed by atoms with van der Waals surface area (Å²) in [4.78, 5) is 21.1. The maximum absolute atomic E-state index is 13.7. The summed E-state index contributed by atoms with van der Waals surface area (Å²) in [5, 5.41) is 16.7. The van der Waals surface area contributed by atoms with Gasteiger partial charge in [-0.1, -0.05) is 6.07 Å². The number of carboxylic acid groups (broad SMARTS) is 1. The van der Waals surface area contributed by atoms with Crippen molar-refractivity contribution in [3.63, 3.8) is 0 Å². The van der Waals surface area contributed by atoms with E-state index in [1.54, 1.807) is 30.3 Å². The molecule has 3 aromatic heterocycles. The van der Waals surface area contributed by atoms with E-state index in [0.717, 1.165) is 12.4 Å². The predicted molar refractivity (Wildman–Crippen MR) is 138 cm³/mol. The number of carboxylic acids is 1. The molecule has 0 spiro atoms. The molecule has 0 saturated carbocycles. The smallest absolute Gasteiger partial charge is 0.308 e. The number of aliphatic carboxylic acids is 1. The molecule has 0 radical (unpaired) electrons. The van der Waals surface area contributed by atoms with Gasteiger partial charge in [0.1, 0.15) is 17.2 Å². The zero-order valence-electron chi connectivity index (χ0n) is 21.3. The van der Waals surface area contributed by atoms with E-state index in [4.69, 9.17) is 13.9 Å². The summed E-state index contributed by atoms with van der Waals surface area (Å²) < 4.78 is 61.3. The normalized spacial score (nSPS) is 17.4. The lowest BCUT2D eigenvalue weighted by molar-refractivity contribution is -0.141. The van der Waals surface area contributed by atoms with E-state index in [9.17, 15) is 22.7 Å². The summed E-state index contributed by atoms with van der Waals surface area (Å²) in [7, 11) is -1.41. The van der Waals surface area contributed by atoms with Gasteiger partial charge in [0.05, 0.1) is 44.0 Å². The van der Waals surface area contributed by atoms with Crippen molar-refractivity contribution in [3.8, 4) is 28.8 Å². The number of hydrogen-bond donors (Lipinski definition) is 2. The third-order valence-corrected chi connectivity index (χ3v) is 8.04. The minimum absolute atomic E-state index is 0.00887. The minimum Gasteiger partial charge on any atom is -0.494 e. The number of para-hydroxylation sites is 1. The highest BCUT2D eigenvalue weighted by molar-refractivity contribution is 7.93. The van der Waals surface area contributed by atoms with Gasteiger partial charge < -0.3 is 23.9 Å². The molecule has 0 bridgehead atoms. The lowest BCUT2D eigenvalue weighted by atomic mass is 9.98. The molecule has 2 N–H and O–H groups in total. The SMILES string of the molecule is COc1cccc(OC)c1-n1c(NS(=O)(=O)[C@H]2C[C@H](C(=O)O)CN(c3ncc(F)cn3)C2)nnc1-c1ccco1. The van der Waals surface area contributed by atoms with Gasteiger partial charge in [0, 0.05) is 13.1 Å². The van der Waals surface area contributed by atoms with Crippen LogP contribution in [0.4, 0.5) is 16.3 Å². The second-order valence-corrected chi connectivity index (χ2v) is 10.8. The highest BCUT2D eigenvalue weighted by Gasteiger charge is 2.40. The number of hydrogen-bond acceptors (Lipinski definition) is 11. The van der Waals surface area contributed by atoms with E-state index in [2.05, 4.69) is 24.9 Å². The van der Waals surface area contributed by atoms with Crippen molar-refractivity contribution in [2.24, 2.45) is 5.92 Å². The summed E-state index contributed by atoms with van der Waals surface area (Å²) in [5.41, 5.74) is 0.301. The molecule has 2 atom stereocenters. The molecule has 40 heavy (non-hydrogen) atoms. The van der Waals surface area contributed by atoms with Crippen molar-refractivity contribution in [2.45, 2.75) is 11.7 Å². The van der Waals surface area contributed by atoms with Crippen LogP contribution < -0.4 is 19.1 Å². The van der Waals surface area contributed by atoms with Crippen molar-refractivity contribution in [1.29, 1.82) is 0 Å². The number of methoxy groups -OCH3 is 2. The monoisotopic (exact) mass is 573 g/mol. The van der Waals surface area contributed by atoms with Gasteiger partial charge in [-0.3, -0.25) is 14.1 Å². The highest BCUT2D eigenvalue weighted by Crippen LogP contribution is 2.38. The second-order valence-electron chi connectivity index (χ2n) is 8.82. The van der Waals surface area contributed by atoms with Gasteiger partial charge in [-0.15, -0.1) is 10.2 Å². The zero-order chi connectivity index (χ0) is 28.4. The van der Waals surface area contributed by atoms with Gasteiger partial charge in [-0.05, 0) is 30.7 Å². The van der Waals surface area contributed by atoms with E-state index in [0.29, 0.717) is 17.2 Å². The van der Waals surface area contributed by atoms with Crippen LogP contribution in [0.1, 0.15) is 6.42 Å². The molecule has 1 aromatic carbocycles. The van der Waals surface area contributed by atoms with Gasteiger partial charge >= 0.3 is 5.97 Å². The van der Waals surface area contributed by atoms with Gasteiger partial charge in [0.2, 0.25) is 27.7 Å². The molecule has 1 aliphatic heterocycles. The van der Waals surface area contributed by atoms with Crippen LogP contribution in [0.3, 0.4) is 0 Å². The molecule has 210 valence electrons. The van der Waals surface area contributed by atoms with Crippen molar-refractivity contribution in [2.75, 3.05) is 36.9 Å². The molecular weight excluding hydrogens is 549 g/mol. The fourth-order valence-electron chi connectivity index (χ4n) is 4.48. The zero-order valence-corrected chi connectivity index (χ0v) is 22.1. The Morgan fingerprint density at radius 1 is 1.10 bits per heavy atom. The van der Waals surface area contributed by atoms with Gasteiger partial charge in [-0.25, -0.2) is 22.8 Å². The molecule has 5 rings (SSSR count). The average Bonchev–Trinajstić information content (AvgIpc) is 3.62. The van der Waals surface area contributed by atoms with Gasteiger partial charge in [-0.2, -0.15) is 0 Å². The van der Waals surface area contributed by atoms with Crippen LogP contribution in [0.5, 0.6) is 11.5 Å². The van der Waals surface area contributed by atoms with E-state index in [1.165, 1.54) is 29.9 Å². The predicted octanol–water partition coefficient (Wildman–Crippen LogP) is 2.19. The Balaban J connectivity index is 1.56. The highest BCUT2D eigenvalue weighted by atomic mass is 32.2. The minimum atomic E-state index is -4.30. The lowest BCUT2D eigenvalue weighted by Gasteiger charge is -2.35. The Morgan fingerprint density at radius 3 is 2.40 bits per heavy atom. The van der Waals surface area contributed by atoms with E-state index >= 15 is 0 Å². The molecule has 16 heteroatoms. The first-order chi connectivity index (χ1) is 19.2. The fraction of sp³-hybridized carbons (Fsp3) is 0.292. The number of aromatic nitrogens is 5. The number of ether oxygens (including phenoxy) is 2. The third kappa shape index (κ3) is 5.12. The van der Waals surface area contributed by atoms with Crippen LogP contribution in [-0.2, 0) is 14.8 Å². The van der Waals surface area contributed by atoms with Crippen molar-refractivity contribution in [3.05, 3.63) is 54.8 Å². The molecule has 0 aliphatic carbocycles. The largest absolute Gasteiger partial charge is 0.494 e. The molecule has 1 saturated heterocycles. The van der Waals surface area contributed by atoms with Crippen molar-refractivity contribution >= 4 is 27.9 Å². The second kappa shape index (κ2) is 10.8. The number of carbonyl (C=O) groups is 1. The van der Waals surface area contributed by atoms with Crippen LogP contribution in [0.25, 0.3) is 17.3 Å². The van der Waals surface area contributed by atoms with E-state index < -0.39 is 33.0 Å². The van der Waals surface area contributed by atoms with Crippen molar-refractivity contribution in [1.82, 2.24) is 24.7 Å². The number of sulfonamides is 1. The first kappa shape index (κ1) is 26.9. The summed E-state index contributed by atoms with van der Waals surface area (Å²) >= 11 is 0. The molecule has 14 nitrogen and oxygen atoms in total. The van der Waals surface area contributed by atoms with Crippen LogP contribution in [0.15, 0.2) is 53.4 Å². The first-order valence-electron chi connectivity index (χ1n) is 11.9. The molecule has 4 heterocycles. The van der Waals surface area contributed by atoms with Crippen LogP contribution in [-0.4, -0.2) is 76.8 Å². The molecule has 0 amide bonds. The Bertz CT molecular complexity index is 1590. The summed E-state index contributed by atoms with van der Waals surface area (Å²) in [5.74, 6) is -2.03. The Kier molecular flexibility index (Phi) is 7.25. The average molecular weight is 574 g/mol. The van der Waals surface area contributed by atoms with Gasteiger partial charge in [0.25, 0.3) is 0 Å². The van der Waals surface area contributed by atoms with E-state index in [1.807, 2.05) is 0 Å². The lowest BCUT2D eigenvalue weighted by Crippen LogP contribution is -2.50. The number of piperidine rings is 1. The number of halogens is 1. The number of furan rings is 1. The quantitative estimate of drug-likeness (QED) is 0.299. The standard InChI is InChI=1S/C24H24FN7O7S/c1-37-17-5-3-6-18(38-2)20(17)32-21(19-7-4-8-39-19)28-29-24(32)30-40(35,36)16-9-14(22(33)34)12-31(13-16)23-26-10-15(25)11-27-23/h3-8,10-11,14,16H,9,12-13H2,1-2H3,(H,29,30)(H,33,34)/t14-,16-/m0/s1. The Morgan fingerprint density at radius 2 is 1.80 bits per heavy atom. The summed E-state index contributed by atoms with van der Waals surface area (Å²) in [6.45, 7) is -0.202. The van der Waals surface area contributed by atoms with Crippen molar-refractivity contribution < 1.29 is 36.6 Å². The Hall–Kier alpha value is -4.73. The maximum atomic E-state index is 13.7. The molecule has 1 fully saturated rings. The number of anilines is 2. The topological polar surface area (TPSA) is 175 Å². The Labute approximate surface area is 227 Å². The molecular formula is C24H24FN7O7S. The number of nitrogens with zero attached hydrogens (tertiary/aromatic N) is 6. The number of rotatable bonds is 9. The summed E-state index contributed by atoms with van der Waals surface area (Å²) in [6, 6.07) is 8.27. The number of nitrogens with one attached hydrogen (secondary N) is 1. The molecule has 1 aliphatic rings. The summed E-state index contributed by atoms with van der Waals surface area (Å²) in [6.07, 6.45) is 3.08. The van der Waals surface area contributed by atoms with E-state index in [-0.39, 0.29) is 43.0 Å². The first-order valence-corrected chi connectivity index (χ1v) is 13.4. The van der Waals surface area contributed by atoms with Crippen LogP contribution >= 0.6 is 0 Å². The fourth-order valence-corrected chi connectivity index (χ4v) is 5.89. The van der Waals surface area contributed by atoms with Gasteiger partial charge in [0.15, 0.2) is 11.6 Å². The maximum Gasteiger partial charge on any atom is 0.308 e. The number of benzene rings is 1.